The second kappa shape index (κ2) is 6.20. The van der Waals surface area contributed by atoms with Gasteiger partial charge in [-0.3, -0.25) is 4.79 Å². The molecule has 0 fully saturated rings. The van der Waals surface area contributed by atoms with Crippen molar-refractivity contribution in [3.63, 3.8) is 0 Å². The van der Waals surface area contributed by atoms with Gasteiger partial charge in [0, 0.05) is 36.1 Å². The molecular formula is C19H20N2OS. The van der Waals surface area contributed by atoms with E-state index in [9.17, 15) is 4.79 Å². The van der Waals surface area contributed by atoms with Crippen LogP contribution in [0, 0.1) is 0 Å². The Labute approximate surface area is 141 Å². The molecule has 0 unspecified atom stereocenters. The first-order valence-electron chi connectivity index (χ1n) is 7.62. The monoisotopic (exact) mass is 324 g/mol. The van der Waals surface area contributed by atoms with Crippen LogP contribution in [0.3, 0.4) is 0 Å². The van der Waals surface area contributed by atoms with Gasteiger partial charge >= 0.3 is 0 Å². The van der Waals surface area contributed by atoms with E-state index in [2.05, 4.69) is 41.9 Å². The number of pyridine rings is 1. The van der Waals surface area contributed by atoms with E-state index in [1.807, 2.05) is 31.3 Å². The Bertz CT molecular complexity index is 753. The number of carbonyl (C=O) groups excluding carboxylic acids is 1. The van der Waals surface area contributed by atoms with Crippen LogP contribution in [0.15, 0.2) is 65.5 Å². The summed E-state index contributed by atoms with van der Waals surface area (Å²) in [5.74, 6) is 0.518. The summed E-state index contributed by atoms with van der Waals surface area (Å²) in [6, 6.07) is 14.1. The number of para-hydroxylation sites is 1. The summed E-state index contributed by atoms with van der Waals surface area (Å²) in [4.78, 5) is 18.8. The third kappa shape index (κ3) is 3.04. The van der Waals surface area contributed by atoms with E-state index in [4.69, 9.17) is 0 Å². The highest BCUT2D eigenvalue weighted by Crippen LogP contribution is 2.46. The van der Waals surface area contributed by atoms with Crippen LogP contribution in [0.4, 0.5) is 5.69 Å². The largest absolute Gasteiger partial charge is 0.347 e. The molecule has 4 heteroatoms. The Morgan fingerprint density at radius 3 is 2.65 bits per heavy atom. The van der Waals surface area contributed by atoms with Crippen molar-refractivity contribution < 1.29 is 4.79 Å². The molecule has 1 aliphatic rings. The highest BCUT2D eigenvalue weighted by molar-refractivity contribution is 7.99. The quantitative estimate of drug-likeness (QED) is 0.627. The number of allylic oxidation sites excluding steroid dienone is 2. The van der Waals surface area contributed by atoms with Crippen molar-refractivity contribution >= 4 is 23.2 Å². The summed E-state index contributed by atoms with van der Waals surface area (Å²) in [5.41, 5.74) is 3.33. The number of carbonyl (C=O) groups is 1. The standard InChI is InChI=1S/C19H20N2OS/c1-19(2)15-8-4-5-9-16(15)21(3)17(19)12-14(22)13-23-18-10-6-7-11-20-18/h4-12H,13H2,1-3H3. The topological polar surface area (TPSA) is 33.2 Å². The number of anilines is 1. The summed E-state index contributed by atoms with van der Waals surface area (Å²) in [6.45, 7) is 4.33. The van der Waals surface area contributed by atoms with E-state index < -0.39 is 0 Å². The number of nitrogens with zero attached hydrogens (tertiary/aromatic N) is 2. The zero-order chi connectivity index (χ0) is 16.4. The molecule has 0 N–H and O–H groups in total. The number of fused-ring (bicyclic) bond motifs is 1. The Balaban J connectivity index is 1.78. The van der Waals surface area contributed by atoms with Gasteiger partial charge in [-0.1, -0.05) is 49.9 Å². The maximum atomic E-state index is 12.4. The van der Waals surface area contributed by atoms with Crippen LogP contribution in [0.2, 0.25) is 0 Å². The first-order valence-corrected chi connectivity index (χ1v) is 8.61. The molecule has 0 saturated carbocycles. The Hall–Kier alpha value is -2.07. The molecule has 3 rings (SSSR count). The van der Waals surface area contributed by atoms with E-state index in [0.29, 0.717) is 5.75 Å². The summed E-state index contributed by atoms with van der Waals surface area (Å²) in [6.07, 6.45) is 3.53. The molecule has 2 heterocycles. The fourth-order valence-electron chi connectivity index (χ4n) is 3.03. The number of hydrogen-bond donors (Lipinski definition) is 0. The van der Waals surface area contributed by atoms with Crippen molar-refractivity contribution in [2.45, 2.75) is 24.3 Å². The average molecular weight is 324 g/mol. The van der Waals surface area contributed by atoms with Gasteiger partial charge in [-0.2, -0.15) is 0 Å². The Morgan fingerprint density at radius 1 is 1.22 bits per heavy atom. The second-order valence-electron chi connectivity index (χ2n) is 6.15. The molecule has 0 atom stereocenters. The third-order valence-electron chi connectivity index (χ3n) is 4.24. The van der Waals surface area contributed by atoms with Crippen molar-refractivity contribution in [1.82, 2.24) is 4.98 Å². The molecule has 0 spiro atoms. The maximum absolute atomic E-state index is 12.4. The summed E-state index contributed by atoms with van der Waals surface area (Å²) in [5, 5.41) is 0.876. The van der Waals surface area contributed by atoms with Crippen molar-refractivity contribution in [2.24, 2.45) is 0 Å². The molecular weight excluding hydrogens is 304 g/mol. The summed E-state index contributed by atoms with van der Waals surface area (Å²) < 4.78 is 0. The molecule has 0 saturated heterocycles. The minimum atomic E-state index is -0.156. The van der Waals surface area contributed by atoms with E-state index in [-0.39, 0.29) is 11.2 Å². The molecule has 1 aliphatic heterocycles. The predicted molar refractivity (Wildman–Crippen MR) is 95.9 cm³/mol. The molecule has 118 valence electrons. The Kier molecular flexibility index (Phi) is 4.26. The van der Waals surface area contributed by atoms with Crippen molar-refractivity contribution in [3.05, 3.63) is 66.0 Å². The van der Waals surface area contributed by atoms with Gasteiger partial charge in [0.15, 0.2) is 5.78 Å². The normalized spacial score (nSPS) is 17.3. The molecule has 0 bridgehead atoms. The molecule has 0 amide bonds. The summed E-state index contributed by atoms with van der Waals surface area (Å²) in [7, 11) is 2.03. The lowest BCUT2D eigenvalue weighted by Gasteiger charge is -2.23. The molecule has 0 aliphatic carbocycles. The predicted octanol–water partition coefficient (Wildman–Crippen LogP) is 4.05. The maximum Gasteiger partial charge on any atom is 0.167 e. The van der Waals surface area contributed by atoms with Crippen LogP contribution >= 0.6 is 11.8 Å². The number of likely N-dealkylation sites (N-methyl/N-ethyl adjacent to an activating group) is 1. The lowest BCUT2D eigenvalue weighted by molar-refractivity contribution is -0.112. The smallest absolute Gasteiger partial charge is 0.167 e. The first-order chi connectivity index (χ1) is 11.0. The SMILES string of the molecule is CN1C(=CC(=O)CSc2ccccn2)C(C)(C)c2ccccc21. The van der Waals surface area contributed by atoms with Gasteiger partial charge in [0.2, 0.25) is 0 Å². The van der Waals surface area contributed by atoms with Crippen molar-refractivity contribution in [3.8, 4) is 0 Å². The number of hydrogen-bond acceptors (Lipinski definition) is 4. The highest BCUT2D eigenvalue weighted by atomic mass is 32.2. The number of benzene rings is 1. The molecule has 1 aromatic heterocycles. The first kappa shape index (κ1) is 15.8. The lowest BCUT2D eigenvalue weighted by Crippen LogP contribution is -2.24. The van der Waals surface area contributed by atoms with E-state index in [1.165, 1.54) is 23.0 Å². The fourth-order valence-corrected chi connectivity index (χ4v) is 3.71. The number of aromatic nitrogens is 1. The number of ketones is 1. The van der Waals surface area contributed by atoms with Crippen molar-refractivity contribution in [2.75, 3.05) is 17.7 Å². The van der Waals surface area contributed by atoms with Gasteiger partial charge < -0.3 is 4.90 Å². The Morgan fingerprint density at radius 2 is 1.96 bits per heavy atom. The minimum absolute atomic E-state index is 0.114. The van der Waals surface area contributed by atoms with Crippen LogP contribution in [0.5, 0.6) is 0 Å². The molecule has 23 heavy (non-hydrogen) atoms. The van der Waals surface area contributed by atoms with Crippen molar-refractivity contribution in [1.29, 1.82) is 0 Å². The summed E-state index contributed by atoms with van der Waals surface area (Å²) >= 11 is 1.47. The molecule has 1 aromatic carbocycles. The molecule has 0 radical (unpaired) electrons. The zero-order valence-electron chi connectivity index (χ0n) is 13.6. The van der Waals surface area contributed by atoms with Gasteiger partial charge in [-0.05, 0) is 23.8 Å². The van der Waals surface area contributed by atoms with Gasteiger partial charge in [0.1, 0.15) is 0 Å². The van der Waals surface area contributed by atoms with Gasteiger partial charge in [-0.25, -0.2) is 4.98 Å². The van der Waals surface area contributed by atoms with E-state index in [0.717, 1.165) is 10.7 Å². The number of rotatable bonds is 4. The van der Waals surface area contributed by atoms with Crippen LogP contribution < -0.4 is 4.90 Å². The van der Waals surface area contributed by atoms with Crippen LogP contribution in [0.1, 0.15) is 19.4 Å². The van der Waals surface area contributed by atoms with Gasteiger partial charge in [-0.15, -0.1) is 0 Å². The highest BCUT2D eigenvalue weighted by Gasteiger charge is 2.38. The fraction of sp³-hybridized carbons (Fsp3) is 0.263. The molecule has 2 aromatic rings. The van der Waals surface area contributed by atoms with E-state index >= 15 is 0 Å². The lowest BCUT2D eigenvalue weighted by atomic mass is 9.83. The molecule has 3 nitrogen and oxygen atoms in total. The van der Waals surface area contributed by atoms with Gasteiger partial charge in [0.05, 0.1) is 10.8 Å². The van der Waals surface area contributed by atoms with Crippen LogP contribution in [-0.2, 0) is 10.2 Å². The van der Waals surface area contributed by atoms with Crippen LogP contribution in [0.25, 0.3) is 0 Å². The van der Waals surface area contributed by atoms with E-state index in [1.54, 1.807) is 12.3 Å². The second-order valence-corrected chi connectivity index (χ2v) is 7.15. The van der Waals surface area contributed by atoms with Crippen LogP contribution in [-0.4, -0.2) is 23.6 Å². The minimum Gasteiger partial charge on any atom is -0.347 e. The van der Waals surface area contributed by atoms with Gasteiger partial charge in [0.25, 0.3) is 0 Å². The average Bonchev–Trinajstić information content (AvgIpc) is 2.75. The number of thioether (sulfide) groups is 1. The third-order valence-corrected chi connectivity index (χ3v) is 5.20. The zero-order valence-corrected chi connectivity index (χ0v) is 14.4.